The van der Waals surface area contributed by atoms with Crippen LogP contribution in [0.2, 0.25) is 0 Å². The van der Waals surface area contributed by atoms with E-state index < -0.39 is 0 Å². The second-order valence-electron chi connectivity index (χ2n) is 6.18. The lowest BCUT2D eigenvalue weighted by Gasteiger charge is -2.31. The summed E-state index contributed by atoms with van der Waals surface area (Å²) in [6.45, 7) is 2.33. The van der Waals surface area contributed by atoms with Crippen molar-refractivity contribution < 1.29 is 9.59 Å². The molecule has 3 aliphatic rings. The topological polar surface area (TPSA) is 61.4 Å². The molecular weight excluding hydrogens is 242 g/mol. The van der Waals surface area contributed by atoms with E-state index in [0.29, 0.717) is 24.5 Å². The molecule has 5 nitrogen and oxygen atoms in total. The minimum absolute atomic E-state index is 0.156. The molecule has 0 aromatic carbocycles. The maximum absolute atomic E-state index is 11.7. The van der Waals surface area contributed by atoms with Gasteiger partial charge < -0.3 is 10.6 Å². The van der Waals surface area contributed by atoms with Gasteiger partial charge in [0.15, 0.2) is 0 Å². The summed E-state index contributed by atoms with van der Waals surface area (Å²) in [5, 5.41) is 6.15. The van der Waals surface area contributed by atoms with Gasteiger partial charge in [0.25, 0.3) is 0 Å². The standard InChI is InChI=1S/C14H23N3O2/c18-13(15-11-3-4-11)9-17-7-5-12(6-8-17)16-14(19)10-1-2-10/h10-12H,1-9H2,(H,15,18)(H,16,19). The van der Waals surface area contributed by atoms with Crippen LogP contribution in [0.3, 0.4) is 0 Å². The van der Waals surface area contributed by atoms with Gasteiger partial charge in [-0.25, -0.2) is 0 Å². The minimum Gasteiger partial charge on any atom is -0.353 e. The number of hydrogen-bond acceptors (Lipinski definition) is 3. The van der Waals surface area contributed by atoms with E-state index in [4.69, 9.17) is 0 Å². The van der Waals surface area contributed by atoms with E-state index in [1.807, 2.05) is 0 Å². The molecule has 0 bridgehead atoms. The highest BCUT2D eigenvalue weighted by atomic mass is 16.2. The third-order valence-corrected chi connectivity index (χ3v) is 4.19. The molecule has 0 radical (unpaired) electrons. The van der Waals surface area contributed by atoms with Crippen molar-refractivity contribution in [1.82, 2.24) is 15.5 Å². The van der Waals surface area contributed by atoms with E-state index >= 15 is 0 Å². The van der Waals surface area contributed by atoms with Gasteiger partial charge in [0.1, 0.15) is 0 Å². The first-order chi connectivity index (χ1) is 9.20. The Labute approximate surface area is 114 Å². The molecule has 2 amide bonds. The Morgan fingerprint density at radius 1 is 0.895 bits per heavy atom. The minimum atomic E-state index is 0.156. The molecule has 1 saturated heterocycles. The molecule has 2 N–H and O–H groups in total. The van der Waals surface area contributed by atoms with Crippen molar-refractivity contribution in [3.8, 4) is 0 Å². The first-order valence-electron chi connectivity index (χ1n) is 7.53. The first kappa shape index (κ1) is 12.9. The van der Waals surface area contributed by atoms with Gasteiger partial charge >= 0.3 is 0 Å². The van der Waals surface area contributed by atoms with Crippen molar-refractivity contribution in [2.45, 2.75) is 50.6 Å². The first-order valence-corrected chi connectivity index (χ1v) is 7.53. The fourth-order valence-corrected chi connectivity index (χ4v) is 2.60. The third-order valence-electron chi connectivity index (χ3n) is 4.19. The fraction of sp³-hybridized carbons (Fsp3) is 0.857. The van der Waals surface area contributed by atoms with Crippen molar-refractivity contribution in [2.24, 2.45) is 5.92 Å². The van der Waals surface area contributed by atoms with Gasteiger partial charge in [-0.3, -0.25) is 14.5 Å². The van der Waals surface area contributed by atoms with Gasteiger partial charge in [-0.05, 0) is 38.5 Å². The predicted molar refractivity (Wildman–Crippen MR) is 71.5 cm³/mol. The Morgan fingerprint density at radius 3 is 2.11 bits per heavy atom. The molecule has 1 heterocycles. The smallest absolute Gasteiger partial charge is 0.234 e. The van der Waals surface area contributed by atoms with E-state index in [0.717, 1.165) is 51.6 Å². The molecular formula is C14H23N3O2. The Balaban J connectivity index is 1.34. The maximum Gasteiger partial charge on any atom is 0.234 e. The average molecular weight is 265 g/mol. The highest BCUT2D eigenvalue weighted by Gasteiger charge is 2.32. The highest BCUT2D eigenvalue weighted by Crippen LogP contribution is 2.29. The van der Waals surface area contributed by atoms with Crippen molar-refractivity contribution in [1.29, 1.82) is 0 Å². The molecule has 5 heteroatoms. The molecule has 0 unspecified atom stereocenters. The van der Waals surface area contributed by atoms with Gasteiger partial charge in [-0.1, -0.05) is 0 Å². The summed E-state index contributed by atoms with van der Waals surface area (Å²) in [5.41, 5.74) is 0. The van der Waals surface area contributed by atoms with Crippen molar-refractivity contribution >= 4 is 11.8 Å². The second-order valence-corrected chi connectivity index (χ2v) is 6.18. The Bertz CT molecular complexity index is 356. The number of rotatable bonds is 5. The van der Waals surface area contributed by atoms with Crippen LogP contribution in [0.15, 0.2) is 0 Å². The molecule has 2 aliphatic carbocycles. The molecule has 3 rings (SSSR count). The summed E-state index contributed by atoms with van der Waals surface area (Å²) in [6.07, 6.45) is 6.34. The van der Waals surface area contributed by atoms with E-state index in [2.05, 4.69) is 15.5 Å². The quantitative estimate of drug-likeness (QED) is 0.749. The van der Waals surface area contributed by atoms with Crippen molar-refractivity contribution in [2.75, 3.05) is 19.6 Å². The summed E-state index contributed by atoms with van der Waals surface area (Å²) in [5.74, 6) is 0.690. The van der Waals surface area contributed by atoms with Gasteiger partial charge in [0.2, 0.25) is 11.8 Å². The van der Waals surface area contributed by atoms with Gasteiger partial charge in [-0.15, -0.1) is 0 Å². The molecule has 19 heavy (non-hydrogen) atoms. The molecule has 0 atom stereocenters. The lowest BCUT2D eigenvalue weighted by Crippen LogP contribution is -2.47. The summed E-state index contributed by atoms with van der Waals surface area (Å²) in [4.78, 5) is 25.6. The van der Waals surface area contributed by atoms with Crippen LogP contribution in [0.4, 0.5) is 0 Å². The molecule has 0 aromatic heterocycles. The molecule has 0 spiro atoms. The Hall–Kier alpha value is -1.10. The zero-order valence-electron chi connectivity index (χ0n) is 11.4. The molecule has 0 aromatic rings. The van der Waals surface area contributed by atoms with E-state index in [9.17, 15) is 9.59 Å². The van der Waals surface area contributed by atoms with E-state index in [1.165, 1.54) is 0 Å². The van der Waals surface area contributed by atoms with Gasteiger partial charge in [0, 0.05) is 31.1 Å². The lowest BCUT2D eigenvalue weighted by molar-refractivity contribution is -0.124. The Kier molecular flexibility index (Phi) is 3.73. The maximum atomic E-state index is 11.7. The summed E-state index contributed by atoms with van der Waals surface area (Å²) in [6, 6.07) is 0.763. The van der Waals surface area contributed by atoms with Crippen LogP contribution in [-0.4, -0.2) is 48.4 Å². The number of nitrogens with zero attached hydrogens (tertiary/aromatic N) is 1. The summed E-state index contributed by atoms with van der Waals surface area (Å²) >= 11 is 0. The van der Waals surface area contributed by atoms with Crippen LogP contribution < -0.4 is 10.6 Å². The predicted octanol–water partition coefficient (Wildman–Crippen LogP) is 0.256. The number of likely N-dealkylation sites (tertiary alicyclic amines) is 1. The molecule has 1 aliphatic heterocycles. The van der Waals surface area contributed by atoms with E-state index in [1.54, 1.807) is 0 Å². The number of nitrogens with one attached hydrogen (secondary N) is 2. The monoisotopic (exact) mass is 265 g/mol. The zero-order chi connectivity index (χ0) is 13.2. The number of carbonyl (C=O) groups is 2. The van der Waals surface area contributed by atoms with Crippen LogP contribution in [0, 0.1) is 5.92 Å². The zero-order valence-corrected chi connectivity index (χ0v) is 11.4. The SMILES string of the molecule is O=C(CN1CCC(NC(=O)C2CC2)CC1)NC1CC1. The summed E-state index contributed by atoms with van der Waals surface area (Å²) in [7, 11) is 0. The Morgan fingerprint density at radius 2 is 1.53 bits per heavy atom. The lowest BCUT2D eigenvalue weighted by atomic mass is 10.0. The van der Waals surface area contributed by atoms with Crippen LogP contribution in [-0.2, 0) is 9.59 Å². The highest BCUT2D eigenvalue weighted by molar-refractivity contribution is 5.81. The summed E-state index contributed by atoms with van der Waals surface area (Å²) < 4.78 is 0. The largest absolute Gasteiger partial charge is 0.353 e. The number of piperidine rings is 1. The van der Waals surface area contributed by atoms with Crippen LogP contribution >= 0.6 is 0 Å². The van der Waals surface area contributed by atoms with Gasteiger partial charge in [0.05, 0.1) is 6.54 Å². The average Bonchev–Trinajstić information content (AvgIpc) is 3.25. The molecule has 106 valence electrons. The third kappa shape index (κ3) is 3.93. The molecule has 3 fully saturated rings. The van der Waals surface area contributed by atoms with E-state index in [-0.39, 0.29) is 11.8 Å². The van der Waals surface area contributed by atoms with Crippen LogP contribution in [0.25, 0.3) is 0 Å². The number of carbonyl (C=O) groups excluding carboxylic acids is 2. The second kappa shape index (κ2) is 5.49. The van der Waals surface area contributed by atoms with Gasteiger partial charge in [-0.2, -0.15) is 0 Å². The molecule has 2 saturated carbocycles. The normalized spacial score (nSPS) is 25.1. The van der Waals surface area contributed by atoms with Crippen LogP contribution in [0.1, 0.15) is 38.5 Å². The van der Waals surface area contributed by atoms with Crippen LogP contribution in [0.5, 0.6) is 0 Å². The van der Waals surface area contributed by atoms with Crippen molar-refractivity contribution in [3.63, 3.8) is 0 Å². The number of amides is 2. The number of hydrogen-bond donors (Lipinski definition) is 2. The fourth-order valence-electron chi connectivity index (χ4n) is 2.60. The van der Waals surface area contributed by atoms with Crippen molar-refractivity contribution in [3.05, 3.63) is 0 Å².